The third-order valence-corrected chi connectivity index (χ3v) is 6.82. The Morgan fingerprint density at radius 2 is 2.06 bits per heavy atom. The van der Waals surface area contributed by atoms with Gasteiger partial charge in [0.15, 0.2) is 5.49 Å². The zero-order chi connectivity index (χ0) is 25.6. The Labute approximate surface area is 206 Å². The molecule has 2 aliphatic rings. The first-order valence-electron chi connectivity index (χ1n) is 11.8. The van der Waals surface area contributed by atoms with Crippen molar-refractivity contribution in [2.75, 3.05) is 19.7 Å². The van der Waals surface area contributed by atoms with Crippen LogP contribution in [0.2, 0.25) is 0 Å². The van der Waals surface area contributed by atoms with E-state index in [1.54, 1.807) is 31.0 Å². The third kappa shape index (κ3) is 4.36. The fourth-order valence-electron chi connectivity index (χ4n) is 4.84. The number of hydrogen-bond acceptors (Lipinski definition) is 5. The van der Waals surface area contributed by atoms with Gasteiger partial charge < -0.3 is 9.64 Å². The lowest BCUT2D eigenvalue weighted by Gasteiger charge is -2.25. The van der Waals surface area contributed by atoms with Gasteiger partial charge in [-0.1, -0.05) is 18.2 Å². The summed E-state index contributed by atoms with van der Waals surface area (Å²) in [6, 6.07) is 5.93. The molecule has 0 radical (unpaired) electrons. The Kier molecular flexibility index (Phi) is 6.05. The summed E-state index contributed by atoms with van der Waals surface area (Å²) in [5, 5.41) is 0.751. The molecule has 1 aromatic carbocycles. The minimum Gasteiger partial charge on any atom is -0.463 e. The van der Waals surface area contributed by atoms with E-state index in [4.69, 9.17) is 9.73 Å². The van der Waals surface area contributed by atoms with Crippen molar-refractivity contribution in [2.24, 2.45) is 4.99 Å². The summed E-state index contributed by atoms with van der Waals surface area (Å²) in [5.41, 5.74) is 2.98. The zero-order valence-electron chi connectivity index (χ0n) is 20.3. The molecule has 2 aromatic heterocycles. The number of carbonyl (C=O) groups excluding carboxylic acids is 1. The molecule has 5 rings (SSSR count). The number of ether oxygens (including phenoxy) is 1. The number of carbonyl (C=O) groups is 1. The number of pyridine rings is 1. The summed E-state index contributed by atoms with van der Waals surface area (Å²) in [4.78, 5) is 27.5. The molecule has 0 saturated carbocycles. The largest absolute Gasteiger partial charge is 0.463 e. The molecule has 0 unspecified atom stereocenters. The predicted octanol–water partition coefficient (Wildman–Crippen LogP) is 4.45. The van der Waals surface area contributed by atoms with Gasteiger partial charge in [0.25, 0.3) is 6.01 Å². The number of rotatable bonds is 3. The maximum Gasteiger partial charge on any atom is 0.416 e. The van der Waals surface area contributed by atoms with Crippen LogP contribution in [0.1, 0.15) is 48.7 Å². The summed E-state index contributed by atoms with van der Waals surface area (Å²) < 4.78 is 48.0. The second kappa shape index (κ2) is 9.07. The Morgan fingerprint density at radius 1 is 1.25 bits per heavy atom. The third-order valence-electron chi connectivity index (χ3n) is 6.82. The van der Waals surface area contributed by atoms with Gasteiger partial charge in [0.05, 0.1) is 35.6 Å². The van der Waals surface area contributed by atoms with Gasteiger partial charge in [-0.25, -0.2) is 0 Å². The van der Waals surface area contributed by atoms with Crippen LogP contribution in [0.15, 0.2) is 41.5 Å². The zero-order valence-corrected chi connectivity index (χ0v) is 20.3. The van der Waals surface area contributed by atoms with Gasteiger partial charge in [-0.2, -0.15) is 18.2 Å². The SMILES string of the molecule is CC(=O)N1CC=C(c2cc3/c(=N/[C@H](C)c4cccc(C(F)(F)F)c4C)nc4n(c3cn2)CCO4)CC1. The molecule has 3 aromatic rings. The van der Waals surface area contributed by atoms with Crippen molar-refractivity contribution in [1.82, 2.24) is 19.4 Å². The van der Waals surface area contributed by atoms with Gasteiger partial charge in [0.1, 0.15) is 6.61 Å². The lowest BCUT2D eigenvalue weighted by atomic mass is 9.97. The molecule has 0 bridgehead atoms. The highest BCUT2D eigenvalue weighted by atomic mass is 19.4. The molecular formula is C26H26F3N5O2. The van der Waals surface area contributed by atoms with Crippen LogP contribution in [0.5, 0.6) is 6.01 Å². The van der Waals surface area contributed by atoms with E-state index in [2.05, 4.69) is 9.97 Å². The molecule has 0 aliphatic carbocycles. The van der Waals surface area contributed by atoms with E-state index in [0.717, 1.165) is 28.2 Å². The molecule has 4 heterocycles. The smallest absolute Gasteiger partial charge is 0.416 e. The Balaban J connectivity index is 1.62. The summed E-state index contributed by atoms with van der Waals surface area (Å²) in [6.45, 7) is 7.03. The quantitative estimate of drug-likeness (QED) is 0.536. The first-order chi connectivity index (χ1) is 17.1. The number of alkyl halides is 3. The maximum atomic E-state index is 13.5. The summed E-state index contributed by atoms with van der Waals surface area (Å²) in [7, 11) is 0. The van der Waals surface area contributed by atoms with Crippen LogP contribution in [0, 0.1) is 6.92 Å². The number of fused-ring (bicyclic) bond motifs is 3. The molecule has 36 heavy (non-hydrogen) atoms. The molecule has 10 heteroatoms. The maximum absolute atomic E-state index is 13.5. The molecule has 0 spiro atoms. The second-order valence-corrected chi connectivity index (χ2v) is 9.07. The minimum absolute atomic E-state index is 0.0351. The van der Waals surface area contributed by atoms with Gasteiger partial charge in [0.2, 0.25) is 5.91 Å². The topological polar surface area (TPSA) is 72.6 Å². The molecule has 0 N–H and O–H groups in total. The van der Waals surface area contributed by atoms with Crippen molar-refractivity contribution in [2.45, 2.75) is 46.0 Å². The summed E-state index contributed by atoms with van der Waals surface area (Å²) in [6.07, 6.45) is 0.0115. The van der Waals surface area contributed by atoms with E-state index in [0.29, 0.717) is 49.7 Å². The molecule has 1 amide bonds. The van der Waals surface area contributed by atoms with Crippen molar-refractivity contribution in [3.63, 3.8) is 0 Å². The number of benzene rings is 1. The van der Waals surface area contributed by atoms with E-state index in [1.807, 2.05) is 16.7 Å². The van der Waals surface area contributed by atoms with E-state index in [9.17, 15) is 18.0 Å². The first kappa shape index (κ1) is 24.0. The Hall–Kier alpha value is -3.69. The van der Waals surface area contributed by atoms with Crippen molar-refractivity contribution in [3.05, 3.63) is 64.4 Å². The predicted molar refractivity (Wildman–Crippen MR) is 128 cm³/mol. The lowest BCUT2D eigenvalue weighted by Crippen LogP contribution is -2.32. The summed E-state index contributed by atoms with van der Waals surface area (Å²) in [5.74, 6) is 0.0351. The number of aromatic nitrogens is 3. The van der Waals surface area contributed by atoms with E-state index in [1.165, 1.54) is 13.0 Å². The van der Waals surface area contributed by atoms with E-state index < -0.39 is 17.8 Å². The number of nitrogens with zero attached hydrogens (tertiary/aromatic N) is 5. The monoisotopic (exact) mass is 497 g/mol. The highest BCUT2D eigenvalue weighted by Gasteiger charge is 2.33. The van der Waals surface area contributed by atoms with Crippen LogP contribution in [0.3, 0.4) is 0 Å². The number of halogens is 3. The first-order valence-corrected chi connectivity index (χ1v) is 11.8. The van der Waals surface area contributed by atoms with Gasteiger partial charge in [0, 0.05) is 25.4 Å². The highest BCUT2D eigenvalue weighted by molar-refractivity contribution is 5.82. The van der Waals surface area contributed by atoms with Gasteiger partial charge >= 0.3 is 6.18 Å². The van der Waals surface area contributed by atoms with Crippen LogP contribution < -0.4 is 10.2 Å². The Bertz CT molecular complexity index is 1460. The normalized spacial score (nSPS) is 17.1. The molecule has 7 nitrogen and oxygen atoms in total. The van der Waals surface area contributed by atoms with Crippen molar-refractivity contribution < 1.29 is 22.7 Å². The molecule has 1 atom stereocenters. The molecule has 0 saturated heterocycles. The average molecular weight is 498 g/mol. The van der Waals surface area contributed by atoms with E-state index >= 15 is 0 Å². The molecule has 2 aliphatic heterocycles. The van der Waals surface area contributed by atoms with Crippen molar-refractivity contribution in [3.8, 4) is 6.01 Å². The lowest BCUT2D eigenvalue weighted by molar-refractivity contribution is -0.138. The van der Waals surface area contributed by atoms with Crippen LogP contribution in [-0.4, -0.2) is 45.0 Å². The average Bonchev–Trinajstić information content (AvgIpc) is 3.32. The van der Waals surface area contributed by atoms with Crippen molar-refractivity contribution in [1.29, 1.82) is 0 Å². The highest BCUT2D eigenvalue weighted by Crippen LogP contribution is 2.35. The fourth-order valence-corrected chi connectivity index (χ4v) is 4.84. The van der Waals surface area contributed by atoms with E-state index in [-0.39, 0.29) is 11.5 Å². The van der Waals surface area contributed by atoms with Gasteiger partial charge in [-0.05, 0) is 49.1 Å². The van der Waals surface area contributed by atoms with Gasteiger partial charge in [-0.15, -0.1) is 0 Å². The molecule has 0 fully saturated rings. The van der Waals surface area contributed by atoms with Crippen LogP contribution >= 0.6 is 0 Å². The summed E-state index contributed by atoms with van der Waals surface area (Å²) >= 11 is 0. The number of amides is 1. The fraction of sp³-hybridized carbons (Fsp3) is 0.385. The molecular weight excluding hydrogens is 471 g/mol. The van der Waals surface area contributed by atoms with Gasteiger partial charge in [-0.3, -0.25) is 19.3 Å². The molecule has 188 valence electrons. The van der Waals surface area contributed by atoms with Crippen LogP contribution in [0.25, 0.3) is 16.5 Å². The number of hydrogen-bond donors (Lipinski definition) is 0. The Morgan fingerprint density at radius 3 is 2.75 bits per heavy atom. The second-order valence-electron chi connectivity index (χ2n) is 9.07. The van der Waals surface area contributed by atoms with Crippen LogP contribution in [0.4, 0.5) is 13.2 Å². The van der Waals surface area contributed by atoms with Crippen LogP contribution in [-0.2, 0) is 17.5 Å². The standard InChI is InChI=1S/C26H26F3N5O2/c1-15-19(5-4-6-21(15)26(27,28)29)16(2)31-24-20-13-22(18-7-9-33(10-8-18)17(3)35)30-14-23(20)34-11-12-36-25(34)32-24/h4-7,13-14,16H,8-12H2,1-3H3/b31-24-/t16-/m1/s1. The minimum atomic E-state index is -4.44. The van der Waals surface area contributed by atoms with Crippen molar-refractivity contribution >= 4 is 22.4 Å².